The van der Waals surface area contributed by atoms with Gasteiger partial charge < -0.3 is 4.90 Å². The van der Waals surface area contributed by atoms with Crippen LogP contribution in [0.1, 0.15) is 22.5 Å². The Morgan fingerprint density at radius 2 is 1.80 bits per heavy atom. The van der Waals surface area contributed by atoms with E-state index in [1.54, 1.807) is 0 Å². The highest BCUT2D eigenvalue weighted by molar-refractivity contribution is 7.71. The van der Waals surface area contributed by atoms with Gasteiger partial charge in [0.05, 0.1) is 7.05 Å². The van der Waals surface area contributed by atoms with Gasteiger partial charge in [-0.2, -0.15) is 9.78 Å². The van der Waals surface area contributed by atoms with Gasteiger partial charge in [0.1, 0.15) is 12.4 Å². The molecule has 4 nitrogen and oxygen atoms in total. The lowest BCUT2D eigenvalue weighted by Crippen LogP contribution is -3.07. The van der Waals surface area contributed by atoms with E-state index in [1.165, 1.54) is 21.6 Å². The Balaban J connectivity index is 1.83. The number of rotatable bonds is 5. The molecule has 2 aromatic carbocycles. The number of benzene rings is 2. The first kappa shape index (κ1) is 17.6. The normalized spacial score (nSPS) is 12.3. The zero-order chi connectivity index (χ0) is 18.0. The summed E-state index contributed by atoms with van der Waals surface area (Å²) in [6.07, 6.45) is 0. The Hall–Kier alpha value is -2.24. The number of nitrogens with one attached hydrogen (secondary N) is 1. The Morgan fingerprint density at radius 1 is 1.04 bits per heavy atom. The molecular formula is C20H25N4S+. The molecule has 0 radical (unpaired) electrons. The van der Waals surface area contributed by atoms with Crippen LogP contribution in [-0.2, 0) is 13.2 Å². The first-order valence-electron chi connectivity index (χ1n) is 8.55. The van der Waals surface area contributed by atoms with Gasteiger partial charge in [0.25, 0.3) is 0 Å². The van der Waals surface area contributed by atoms with Gasteiger partial charge in [-0.15, -0.1) is 0 Å². The van der Waals surface area contributed by atoms with Crippen molar-refractivity contribution in [3.63, 3.8) is 0 Å². The molecule has 0 saturated heterocycles. The van der Waals surface area contributed by atoms with Crippen molar-refractivity contribution in [1.29, 1.82) is 0 Å². The second-order valence-corrected chi connectivity index (χ2v) is 7.09. The van der Waals surface area contributed by atoms with E-state index in [-0.39, 0.29) is 0 Å². The molecule has 0 saturated carbocycles. The lowest BCUT2D eigenvalue weighted by molar-refractivity contribution is -0.917. The average molecular weight is 354 g/mol. The third kappa shape index (κ3) is 3.89. The first-order valence-corrected chi connectivity index (χ1v) is 8.96. The molecule has 3 rings (SSSR count). The fraction of sp³-hybridized carbons (Fsp3) is 0.300. The van der Waals surface area contributed by atoms with E-state index in [1.807, 2.05) is 16.2 Å². The monoisotopic (exact) mass is 353 g/mol. The van der Waals surface area contributed by atoms with Gasteiger partial charge in [-0.05, 0) is 56.2 Å². The number of aryl methyl sites for hydroxylation is 3. The van der Waals surface area contributed by atoms with E-state index in [4.69, 9.17) is 12.2 Å². The SMILES string of the molecule is Cc1cccc(-n2c(C)nn(C[NH+](C)Cc3ccccc3C)c2=S)c1. The summed E-state index contributed by atoms with van der Waals surface area (Å²) in [6, 6.07) is 16.9. The highest BCUT2D eigenvalue weighted by Crippen LogP contribution is 2.13. The molecule has 0 bridgehead atoms. The Labute approximate surface area is 154 Å². The largest absolute Gasteiger partial charge is 0.315 e. The zero-order valence-electron chi connectivity index (χ0n) is 15.3. The summed E-state index contributed by atoms with van der Waals surface area (Å²) >= 11 is 5.70. The minimum absolute atomic E-state index is 0.743. The maximum atomic E-state index is 5.70. The van der Waals surface area contributed by atoms with Crippen LogP contribution in [0.3, 0.4) is 0 Å². The summed E-state index contributed by atoms with van der Waals surface area (Å²) in [7, 11) is 2.18. The van der Waals surface area contributed by atoms with Crippen LogP contribution in [-0.4, -0.2) is 21.4 Å². The van der Waals surface area contributed by atoms with E-state index in [2.05, 4.69) is 74.5 Å². The molecule has 1 atom stereocenters. The van der Waals surface area contributed by atoms with Crippen molar-refractivity contribution in [2.45, 2.75) is 34.0 Å². The summed E-state index contributed by atoms with van der Waals surface area (Å²) in [5.74, 6) is 0.916. The van der Waals surface area contributed by atoms with Crippen LogP contribution in [0.4, 0.5) is 0 Å². The van der Waals surface area contributed by atoms with E-state index < -0.39 is 0 Å². The van der Waals surface area contributed by atoms with Crippen molar-refractivity contribution >= 4 is 12.2 Å². The van der Waals surface area contributed by atoms with Gasteiger partial charge >= 0.3 is 0 Å². The molecule has 25 heavy (non-hydrogen) atoms. The third-order valence-corrected chi connectivity index (χ3v) is 4.83. The van der Waals surface area contributed by atoms with Crippen LogP contribution in [0, 0.1) is 25.5 Å². The van der Waals surface area contributed by atoms with E-state index in [9.17, 15) is 0 Å². The third-order valence-electron chi connectivity index (χ3n) is 4.43. The first-order chi connectivity index (χ1) is 12.0. The number of hydrogen-bond acceptors (Lipinski definition) is 2. The summed E-state index contributed by atoms with van der Waals surface area (Å²) in [5, 5.41) is 4.67. The molecular weight excluding hydrogens is 328 g/mol. The number of quaternary nitrogens is 1. The summed E-state index contributed by atoms with van der Waals surface area (Å²) < 4.78 is 4.72. The molecule has 1 unspecified atom stereocenters. The Kier molecular flexibility index (Phi) is 5.16. The van der Waals surface area contributed by atoms with Crippen molar-refractivity contribution < 1.29 is 4.90 Å². The second kappa shape index (κ2) is 7.33. The fourth-order valence-electron chi connectivity index (χ4n) is 3.13. The molecule has 5 heteroatoms. The quantitative estimate of drug-likeness (QED) is 0.714. The minimum Gasteiger partial charge on any atom is -0.315 e. The van der Waals surface area contributed by atoms with Crippen LogP contribution in [0.15, 0.2) is 48.5 Å². The highest BCUT2D eigenvalue weighted by Gasteiger charge is 2.13. The van der Waals surface area contributed by atoms with Crippen molar-refractivity contribution in [3.05, 3.63) is 75.8 Å². The smallest absolute Gasteiger partial charge is 0.207 e. The molecule has 0 amide bonds. The molecule has 0 aliphatic rings. The average Bonchev–Trinajstić information content (AvgIpc) is 2.83. The van der Waals surface area contributed by atoms with Crippen LogP contribution in [0.25, 0.3) is 5.69 Å². The van der Waals surface area contributed by atoms with Crippen molar-refractivity contribution in [1.82, 2.24) is 14.3 Å². The van der Waals surface area contributed by atoms with Gasteiger partial charge in [-0.1, -0.05) is 36.4 Å². The van der Waals surface area contributed by atoms with Crippen LogP contribution < -0.4 is 4.90 Å². The van der Waals surface area contributed by atoms with Gasteiger partial charge in [0.2, 0.25) is 4.77 Å². The van der Waals surface area contributed by atoms with Gasteiger partial charge in [0.15, 0.2) is 6.67 Å². The molecule has 1 N–H and O–H groups in total. The zero-order valence-corrected chi connectivity index (χ0v) is 16.1. The summed E-state index contributed by atoms with van der Waals surface area (Å²) in [5.41, 5.74) is 4.98. The van der Waals surface area contributed by atoms with E-state index in [0.29, 0.717) is 0 Å². The van der Waals surface area contributed by atoms with Crippen molar-refractivity contribution in [3.8, 4) is 5.69 Å². The van der Waals surface area contributed by atoms with Crippen molar-refractivity contribution in [2.75, 3.05) is 7.05 Å². The number of aromatic nitrogens is 3. The molecule has 3 aromatic rings. The molecule has 1 heterocycles. The van der Waals surface area contributed by atoms with E-state index in [0.717, 1.165) is 29.5 Å². The van der Waals surface area contributed by atoms with Crippen LogP contribution >= 0.6 is 12.2 Å². The van der Waals surface area contributed by atoms with Gasteiger partial charge in [0, 0.05) is 11.3 Å². The number of nitrogens with zero attached hydrogens (tertiary/aromatic N) is 3. The molecule has 0 aliphatic carbocycles. The molecule has 130 valence electrons. The molecule has 0 fully saturated rings. The molecule has 0 aliphatic heterocycles. The predicted octanol–water partition coefficient (Wildman–Crippen LogP) is 3.00. The Morgan fingerprint density at radius 3 is 2.52 bits per heavy atom. The van der Waals surface area contributed by atoms with Crippen LogP contribution in [0.2, 0.25) is 0 Å². The van der Waals surface area contributed by atoms with Gasteiger partial charge in [-0.25, -0.2) is 0 Å². The molecule has 1 aromatic heterocycles. The summed E-state index contributed by atoms with van der Waals surface area (Å²) in [4.78, 5) is 1.35. The lowest BCUT2D eigenvalue weighted by atomic mass is 10.1. The maximum absolute atomic E-state index is 5.70. The van der Waals surface area contributed by atoms with Gasteiger partial charge in [-0.3, -0.25) is 4.57 Å². The maximum Gasteiger partial charge on any atom is 0.207 e. The highest BCUT2D eigenvalue weighted by atomic mass is 32.1. The molecule has 0 spiro atoms. The fourth-order valence-corrected chi connectivity index (χ4v) is 3.47. The second-order valence-electron chi connectivity index (χ2n) is 6.72. The topological polar surface area (TPSA) is 27.2 Å². The standard InChI is InChI=1S/C20H24N4S/c1-15-8-7-11-19(12-15)24-17(3)21-23(20(24)25)14-22(4)13-18-10-6-5-9-16(18)2/h5-12H,13-14H2,1-4H3/p+1. The summed E-state index contributed by atoms with van der Waals surface area (Å²) in [6.45, 7) is 7.95. The predicted molar refractivity (Wildman–Crippen MR) is 104 cm³/mol. The van der Waals surface area contributed by atoms with Crippen molar-refractivity contribution in [2.24, 2.45) is 0 Å². The van der Waals surface area contributed by atoms with E-state index >= 15 is 0 Å². The lowest BCUT2D eigenvalue weighted by Gasteiger charge is -2.15. The van der Waals surface area contributed by atoms with Crippen LogP contribution in [0.5, 0.6) is 0 Å². The number of hydrogen-bond donors (Lipinski definition) is 1. The Bertz CT molecular complexity index is 939. The minimum atomic E-state index is 0.743.